The van der Waals surface area contributed by atoms with Crippen molar-refractivity contribution in [3.63, 3.8) is 0 Å². The van der Waals surface area contributed by atoms with Gasteiger partial charge in [-0.1, -0.05) is 5.16 Å². The van der Waals surface area contributed by atoms with Crippen LogP contribution < -0.4 is 0 Å². The monoisotopic (exact) mass is 351 g/mol. The van der Waals surface area contributed by atoms with Crippen molar-refractivity contribution in [2.24, 2.45) is 0 Å². The molecule has 2 amide bonds. The minimum Gasteiger partial charge on any atom is -0.395 e. The van der Waals surface area contributed by atoms with Crippen molar-refractivity contribution in [3.8, 4) is 0 Å². The van der Waals surface area contributed by atoms with Crippen molar-refractivity contribution >= 4 is 11.8 Å². The smallest absolute Gasteiger partial charge is 0.278 e. The number of hydrogen-bond donors (Lipinski definition) is 1. The van der Waals surface area contributed by atoms with Gasteiger partial charge in [0, 0.05) is 44.7 Å². The SMILES string of the molecule is Cc1nonc1C(=O)N1CCN(C)[C@]2(CCC(=O)N(CCO)CC2)C1. The second-order valence-corrected chi connectivity index (χ2v) is 6.93. The van der Waals surface area contributed by atoms with E-state index in [0.29, 0.717) is 44.7 Å². The number of hydrogen-bond acceptors (Lipinski definition) is 7. The Kier molecular flexibility index (Phi) is 5.05. The van der Waals surface area contributed by atoms with Gasteiger partial charge in [0.2, 0.25) is 5.91 Å². The molecule has 0 saturated carbocycles. The fraction of sp³-hybridized carbons (Fsp3) is 0.750. The highest BCUT2D eigenvalue weighted by atomic mass is 16.6. The van der Waals surface area contributed by atoms with Crippen LogP contribution in [-0.4, -0.2) is 93.9 Å². The number of carbonyl (C=O) groups excluding carboxylic acids is 2. The molecule has 0 unspecified atom stereocenters. The largest absolute Gasteiger partial charge is 0.395 e. The van der Waals surface area contributed by atoms with E-state index < -0.39 is 0 Å². The first-order valence-corrected chi connectivity index (χ1v) is 8.65. The molecule has 3 rings (SSSR count). The highest BCUT2D eigenvalue weighted by molar-refractivity contribution is 5.93. The molecular formula is C16H25N5O4. The summed E-state index contributed by atoms with van der Waals surface area (Å²) < 4.78 is 4.66. The topological polar surface area (TPSA) is 103 Å². The van der Waals surface area contributed by atoms with Gasteiger partial charge in [0.1, 0.15) is 5.69 Å². The highest BCUT2D eigenvalue weighted by Gasteiger charge is 2.44. The first-order valence-electron chi connectivity index (χ1n) is 8.65. The fourth-order valence-electron chi connectivity index (χ4n) is 3.80. The summed E-state index contributed by atoms with van der Waals surface area (Å²) >= 11 is 0. The Labute approximate surface area is 146 Å². The fourth-order valence-corrected chi connectivity index (χ4v) is 3.80. The Morgan fingerprint density at radius 2 is 2.08 bits per heavy atom. The first-order chi connectivity index (χ1) is 12.0. The predicted molar refractivity (Wildman–Crippen MR) is 87.8 cm³/mol. The van der Waals surface area contributed by atoms with E-state index in [1.807, 2.05) is 0 Å². The zero-order valence-corrected chi connectivity index (χ0v) is 14.8. The molecule has 2 fully saturated rings. The Hall–Kier alpha value is -2.00. The number of likely N-dealkylation sites (N-methyl/N-ethyl adjacent to an activating group) is 1. The number of aromatic nitrogens is 2. The van der Waals surface area contributed by atoms with Crippen LogP contribution in [0.15, 0.2) is 4.63 Å². The van der Waals surface area contributed by atoms with E-state index in [2.05, 4.69) is 26.9 Å². The van der Waals surface area contributed by atoms with E-state index >= 15 is 0 Å². The highest BCUT2D eigenvalue weighted by Crippen LogP contribution is 2.32. The van der Waals surface area contributed by atoms with Crippen molar-refractivity contribution in [1.82, 2.24) is 25.0 Å². The number of piperazine rings is 1. The number of nitrogens with zero attached hydrogens (tertiary/aromatic N) is 5. The molecule has 2 aliphatic rings. The maximum Gasteiger partial charge on any atom is 0.278 e. The van der Waals surface area contributed by atoms with Gasteiger partial charge in [-0.2, -0.15) is 0 Å². The summed E-state index contributed by atoms with van der Waals surface area (Å²) in [4.78, 5) is 30.8. The zero-order valence-electron chi connectivity index (χ0n) is 14.8. The van der Waals surface area contributed by atoms with E-state index in [-0.39, 0.29) is 29.7 Å². The molecule has 0 radical (unpaired) electrons. The number of aryl methyl sites for hydroxylation is 1. The zero-order chi connectivity index (χ0) is 18.0. The molecule has 2 saturated heterocycles. The van der Waals surface area contributed by atoms with Gasteiger partial charge >= 0.3 is 0 Å². The lowest BCUT2D eigenvalue weighted by Crippen LogP contribution is -2.62. The summed E-state index contributed by atoms with van der Waals surface area (Å²) in [6, 6.07) is 0. The maximum absolute atomic E-state index is 12.8. The normalized spacial score (nSPS) is 25.5. The summed E-state index contributed by atoms with van der Waals surface area (Å²) in [5.41, 5.74) is 0.508. The number of β-amino-alcohol motifs (C(OH)–C–C–N with tert-alkyl or cyclic N) is 1. The van der Waals surface area contributed by atoms with Crippen molar-refractivity contribution in [2.45, 2.75) is 31.7 Å². The molecule has 1 atom stereocenters. The predicted octanol–water partition coefficient (Wildman–Crippen LogP) is -0.491. The van der Waals surface area contributed by atoms with Crippen molar-refractivity contribution in [3.05, 3.63) is 11.4 Å². The second-order valence-electron chi connectivity index (χ2n) is 6.93. The molecule has 1 spiro atoms. The van der Waals surface area contributed by atoms with Gasteiger partial charge in [-0.05, 0) is 32.0 Å². The maximum atomic E-state index is 12.8. The van der Waals surface area contributed by atoms with Gasteiger partial charge in [0.25, 0.3) is 5.91 Å². The molecule has 0 bridgehead atoms. The third-order valence-corrected chi connectivity index (χ3v) is 5.52. The third-order valence-electron chi connectivity index (χ3n) is 5.52. The number of aliphatic hydroxyl groups excluding tert-OH is 1. The molecule has 138 valence electrons. The molecule has 1 N–H and O–H groups in total. The van der Waals surface area contributed by atoms with Crippen molar-refractivity contribution in [1.29, 1.82) is 0 Å². The van der Waals surface area contributed by atoms with Gasteiger partial charge in [-0.25, -0.2) is 4.63 Å². The van der Waals surface area contributed by atoms with Crippen LogP contribution in [0.2, 0.25) is 0 Å². The average molecular weight is 351 g/mol. The van der Waals surface area contributed by atoms with E-state index in [4.69, 9.17) is 5.11 Å². The van der Waals surface area contributed by atoms with Gasteiger partial charge in [0.05, 0.1) is 6.61 Å². The van der Waals surface area contributed by atoms with Crippen LogP contribution in [0.5, 0.6) is 0 Å². The van der Waals surface area contributed by atoms with Gasteiger partial charge in [-0.3, -0.25) is 14.5 Å². The van der Waals surface area contributed by atoms with Crippen LogP contribution in [0.4, 0.5) is 0 Å². The van der Waals surface area contributed by atoms with E-state index in [0.717, 1.165) is 13.0 Å². The van der Waals surface area contributed by atoms with Gasteiger partial charge in [-0.15, -0.1) is 0 Å². The van der Waals surface area contributed by atoms with Crippen LogP contribution >= 0.6 is 0 Å². The lowest BCUT2D eigenvalue weighted by molar-refractivity contribution is -0.131. The molecule has 0 aliphatic carbocycles. The Morgan fingerprint density at radius 3 is 2.76 bits per heavy atom. The van der Waals surface area contributed by atoms with Crippen molar-refractivity contribution < 1.29 is 19.3 Å². The number of likely N-dealkylation sites (tertiary alicyclic amines) is 1. The van der Waals surface area contributed by atoms with Crippen molar-refractivity contribution in [2.75, 3.05) is 46.4 Å². The van der Waals surface area contributed by atoms with Gasteiger partial charge in [0.15, 0.2) is 5.69 Å². The molecule has 1 aromatic heterocycles. The molecule has 9 heteroatoms. The second kappa shape index (κ2) is 7.09. The number of carbonyl (C=O) groups is 2. The molecule has 2 aliphatic heterocycles. The Morgan fingerprint density at radius 1 is 1.28 bits per heavy atom. The third kappa shape index (κ3) is 3.38. The summed E-state index contributed by atoms with van der Waals surface area (Å²) in [5, 5.41) is 16.6. The van der Waals surface area contributed by atoms with E-state index in [1.165, 1.54) is 0 Å². The number of rotatable bonds is 3. The standard InChI is InChI=1S/C16H25N5O4/c1-12-14(18-25-17-12)15(24)21-8-7-19(2)16(11-21)4-3-13(23)20(6-5-16)9-10-22/h22H,3-11H2,1-2H3/t16-/m0/s1. The minimum absolute atomic E-state index is 0.0301. The van der Waals surface area contributed by atoms with Crippen LogP contribution in [0.25, 0.3) is 0 Å². The average Bonchev–Trinajstić information content (AvgIpc) is 2.97. The summed E-state index contributed by atoms with van der Waals surface area (Å²) in [6.07, 6.45) is 1.90. The first kappa shape index (κ1) is 17.8. The Balaban J connectivity index is 1.77. The van der Waals surface area contributed by atoms with E-state index in [1.54, 1.807) is 16.7 Å². The molecule has 25 heavy (non-hydrogen) atoms. The summed E-state index contributed by atoms with van der Waals surface area (Å²) in [5.74, 6) is -0.103. The minimum atomic E-state index is -0.237. The van der Waals surface area contributed by atoms with Gasteiger partial charge < -0.3 is 14.9 Å². The summed E-state index contributed by atoms with van der Waals surface area (Å²) in [7, 11) is 2.05. The van der Waals surface area contributed by atoms with Crippen LogP contribution in [0.3, 0.4) is 0 Å². The van der Waals surface area contributed by atoms with Crippen LogP contribution in [0.1, 0.15) is 35.4 Å². The molecular weight excluding hydrogens is 326 g/mol. The van der Waals surface area contributed by atoms with E-state index in [9.17, 15) is 9.59 Å². The quantitative estimate of drug-likeness (QED) is 0.784. The number of aliphatic hydroxyl groups is 1. The van der Waals surface area contributed by atoms with Crippen LogP contribution in [0, 0.1) is 6.92 Å². The molecule has 9 nitrogen and oxygen atoms in total. The lowest BCUT2D eigenvalue weighted by atomic mass is 9.86. The molecule has 3 heterocycles. The number of amides is 2. The summed E-state index contributed by atoms with van der Waals surface area (Å²) in [6.45, 7) is 4.53. The Bertz CT molecular complexity index is 648. The van der Waals surface area contributed by atoms with Crippen LogP contribution in [-0.2, 0) is 4.79 Å². The molecule has 1 aromatic rings. The lowest BCUT2D eigenvalue weighted by Gasteiger charge is -2.49. The molecule has 0 aromatic carbocycles.